The van der Waals surface area contributed by atoms with Crippen LogP contribution in [0.2, 0.25) is 0 Å². The number of piperidine rings is 1. The number of guanidine groups is 1. The third kappa shape index (κ3) is 7.59. The van der Waals surface area contributed by atoms with Crippen LogP contribution in [0.15, 0.2) is 4.99 Å². The van der Waals surface area contributed by atoms with Gasteiger partial charge in [0, 0.05) is 33.3 Å². The summed E-state index contributed by atoms with van der Waals surface area (Å²) in [7, 11) is 1.90. The first-order chi connectivity index (χ1) is 10.8. The van der Waals surface area contributed by atoms with Crippen LogP contribution in [0, 0.1) is 5.92 Å². The minimum absolute atomic E-state index is 0. The normalized spacial score (nSPS) is 20.6. The minimum atomic E-state index is 0. The number of aliphatic imine (C=N–C) groups is 1. The molecule has 1 saturated carbocycles. The number of hydrogen-bond donors (Lipinski definition) is 1. The molecule has 1 heterocycles. The summed E-state index contributed by atoms with van der Waals surface area (Å²) >= 11 is 0. The second-order valence-corrected chi connectivity index (χ2v) is 6.76. The summed E-state index contributed by atoms with van der Waals surface area (Å²) in [5, 5.41) is 3.55. The molecular weight excluding hydrogens is 401 g/mol. The Hall–Kier alpha value is -0.0400. The van der Waals surface area contributed by atoms with E-state index in [-0.39, 0.29) is 24.0 Å². The van der Waals surface area contributed by atoms with Gasteiger partial charge >= 0.3 is 0 Å². The van der Waals surface area contributed by atoms with Crippen LogP contribution >= 0.6 is 24.0 Å². The molecule has 0 aromatic heterocycles. The fourth-order valence-electron chi connectivity index (χ4n) is 3.86. The summed E-state index contributed by atoms with van der Waals surface area (Å²) in [6, 6.07) is 0. The lowest BCUT2D eigenvalue weighted by atomic mass is 10.0. The average Bonchev–Trinajstić information content (AvgIpc) is 3.06. The van der Waals surface area contributed by atoms with E-state index in [0.29, 0.717) is 6.10 Å². The van der Waals surface area contributed by atoms with E-state index in [1.165, 1.54) is 44.9 Å². The maximum atomic E-state index is 5.72. The highest BCUT2D eigenvalue weighted by atomic mass is 127. The Balaban J connectivity index is 0.00000264. The van der Waals surface area contributed by atoms with Crippen LogP contribution in [-0.2, 0) is 4.74 Å². The Kier molecular flexibility index (Phi) is 11.3. The topological polar surface area (TPSA) is 36.9 Å². The predicted octanol–water partition coefficient (Wildman–Crippen LogP) is 4.04. The predicted molar refractivity (Wildman–Crippen MR) is 109 cm³/mol. The van der Waals surface area contributed by atoms with E-state index >= 15 is 0 Å². The van der Waals surface area contributed by atoms with Gasteiger partial charge in [0.05, 0.1) is 6.10 Å². The van der Waals surface area contributed by atoms with Crippen LogP contribution in [0.5, 0.6) is 0 Å². The van der Waals surface area contributed by atoms with Gasteiger partial charge in [0.1, 0.15) is 0 Å². The van der Waals surface area contributed by atoms with Gasteiger partial charge in [0.15, 0.2) is 5.96 Å². The van der Waals surface area contributed by atoms with Gasteiger partial charge in [-0.2, -0.15) is 0 Å². The van der Waals surface area contributed by atoms with Crippen molar-refractivity contribution in [1.29, 1.82) is 0 Å². The van der Waals surface area contributed by atoms with Crippen molar-refractivity contribution in [3.63, 3.8) is 0 Å². The van der Waals surface area contributed by atoms with Gasteiger partial charge in [-0.1, -0.05) is 38.5 Å². The zero-order valence-corrected chi connectivity index (χ0v) is 17.4. The van der Waals surface area contributed by atoms with Crippen molar-refractivity contribution in [1.82, 2.24) is 10.2 Å². The van der Waals surface area contributed by atoms with Gasteiger partial charge in [-0.3, -0.25) is 4.99 Å². The molecule has 1 aliphatic heterocycles. The molecule has 1 aliphatic carbocycles. The molecule has 1 N–H and O–H groups in total. The second kappa shape index (κ2) is 12.3. The maximum absolute atomic E-state index is 5.72. The van der Waals surface area contributed by atoms with Crippen molar-refractivity contribution < 1.29 is 4.74 Å². The van der Waals surface area contributed by atoms with Gasteiger partial charge in [-0.05, 0) is 32.1 Å². The second-order valence-electron chi connectivity index (χ2n) is 6.76. The van der Waals surface area contributed by atoms with Crippen molar-refractivity contribution in [2.75, 3.05) is 33.3 Å². The monoisotopic (exact) mass is 437 g/mol. The minimum Gasteiger partial charge on any atom is -0.378 e. The Morgan fingerprint density at radius 3 is 2.43 bits per heavy atom. The lowest BCUT2D eigenvalue weighted by Crippen LogP contribution is -2.47. The van der Waals surface area contributed by atoms with E-state index in [4.69, 9.17) is 4.74 Å². The molecular formula is C18H36IN3O. The van der Waals surface area contributed by atoms with Crippen LogP contribution < -0.4 is 5.32 Å². The SMILES string of the molecule is CCOC1CCN(C(=NC)NCCCCC2CCCC2)CC1.I. The highest BCUT2D eigenvalue weighted by Crippen LogP contribution is 2.28. The lowest BCUT2D eigenvalue weighted by Gasteiger charge is -2.34. The first-order valence-corrected chi connectivity index (χ1v) is 9.40. The Morgan fingerprint density at radius 2 is 1.83 bits per heavy atom. The first-order valence-electron chi connectivity index (χ1n) is 9.40. The number of unbranched alkanes of at least 4 members (excludes halogenated alkanes) is 1. The van der Waals surface area contributed by atoms with Crippen molar-refractivity contribution in [2.45, 2.75) is 70.8 Å². The molecule has 0 amide bonds. The average molecular weight is 437 g/mol. The van der Waals surface area contributed by atoms with Gasteiger partial charge in [0.2, 0.25) is 0 Å². The number of likely N-dealkylation sites (tertiary alicyclic amines) is 1. The fraction of sp³-hybridized carbons (Fsp3) is 0.944. The van der Waals surface area contributed by atoms with Crippen LogP contribution in [0.3, 0.4) is 0 Å². The molecule has 0 atom stereocenters. The van der Waals surface area contributed by atoms with Gasteiger partial charge < -0.3 is 15.0 Å². The Morgan fingerprint density at radius 1 is 1.13 bits per heavy atom. The van der Waals surface area contributed by atoms with Gasteiger partial charge in [0.25, 0.3) is 0 Å². The molecule has 0 radical (unpaired) electrons. The van der Waals surface area contributed by atoms with E-state index in [2.05, 4.69) is 22.1 Å². The van der Waals surface area contributed by atoms with Crippen molar-refractivity contribution in [2.24, 2.45) is 10.9 Å². The smallest absolute Gasteiger partial charge is 0.193 e. The number of halogens is 1. The Labute approximate surface area is 159 Å². The molecule has 1 saturated heterocycles. The van der Waals surface area contributed by atoms with E-state index < -0.39 is 0 Å². The van der Waals surface area contributed by atoms with Crippen LogP contribution in [0.25, 0.3) is 0 Å². The van der Waals surface area contributed by atoms with Crippen LogP contribution in [0.1, 0.15) is 64.7 Å². The zero-order valence-electron chi connectivity index (χ0n) is 15.1. The van der Waals surface area contributed by atoms with Crippen molar-refractivity contribution >= 4 is 29.9 Å². The quantitative estimate of drug-likeness (QED) is 0.283. The lowest BCUT2D eigenvalue weighted by molar-refractivity contribution is 0.0264. The third-order valence-corrected chi connectivity index (χ3v) is 5.15. The van der Waals surface area contributed by atoms with E-state index in [1.54, 1.807) is 0 Å². The summed E-state index contributed by atoms with van der Waals surface area (Å²) < 4.78 is 5.72. The number of hydrogen-bond acceptors (Lipinski definition) is 2. The largest absolute Gasteiger partial charge is 0.378 e. The third-order valence-electron chi connectivity index (χ3n) is 5.15. The molecule has 0 spiro atoms. The first kappa shape index (κ1) is 21.0. The molecule has 136 valence electrons. The molecule has 2 aliphatic rings. The maximum Gasteiger partial charge on any atom is 0.193 e. The molecule has 0 unspecified atom stereocenters. The van der Waals surface area contributed by atoms with E-state index in [0.717, 1.165) is 51.0 Å². The summed E-state index contributed by atoms with van der Waals surface area (Å²) in [6.07, 6.45) is 12.6. The molecule has 2 rings (SSSR count). The summed E-state index contributed by atoms with van der Waals surface area (Å²) in [5.74, 6) is 2.10. The number of nitrogens with one attached hydrogen (secondary N) is 1. The van der Waals surface area contributed by atoms with Crippen molar-refractivity contribution in [3.05, 3.63) is 0 Å². The molecule has 0 aromatic carbocycles. The summed E-state index contributed by atoms with van der Waals surface area (Å²) in [6.45, 7) is 6.10. The van der Waals surface area contributed by atoms with Gasteiger partial charge in [-0.25, -0.2) is 0 Å². The summed E-state index contributed by atoms with van der Waals surface area (Å²) in [5.41, 5.74) is 0. The molecule has 0 aromatic rings. The van der Waals surface area contributed by atoms with Crippen molar-refractivity contribution in [3.8, 4) is 0 Å². The molecule has 0 bridgehead atoms. The highest BCUT2D eigenvalue weighted by Gasteiger charge is 2.21. The fourth-order valence-corrected chi connectivity index (χ4v) is 3.86. The standard InChI is InChI=1S/C18H35N3O.HI/c1-3-22-17-11-14-21(15-12-17)18(19-2)20-13-7-6-10-16-8-4-5-9-16;/h16-17H,3-15H2,1-2H3,(H,19,20);1H. The molecule has 2 fully saturated rings. The van der Waals surface area contributed by atoms with Crippen LogP contribution in [0.4, 0.5) is 0 Å². The van der Waals surface area contributed by atoms with Crippen LogP contribution in [-0.4, -0.2) is 50.3 Å². The summed E-state index contributed by atoms with van der Waals surface area (Å²) in [4.78, 5) is 6.83. The van der Waals surface area contributed by atoms with E-state index in [9.17, 15) is 0 Å². The van der Waals surface area contributed by atoms with E-state index in [1.807, 2.05) is 7.05 Å². The molecule has 4 nitrogen and oxygen atoms in total. The Bertz CT molecular complexity index is 324. The molecule has 5 heteroatoms. The number of ether oxygens (including phenoxy) is 1. The highest BCUT2D eigenvalue weighted by molar-refractivity contribution is 14.0. The molecule has 23 heavy (non-hydrogen) atoms. The van der Waals surface area contributed by atoms with Gasteiger partial charge in [-0.15, -0.1) is 24.0 Å². The zero-order chi connectivity index (χ0) is 15.6. The number of nitrogens with zero attached hydrogens (tertiary/aromatic N) is 2. The number of rotatable bonds is 7.